The fraction of sp³-hybridized carbons (Fsp3) is 0.375. The first-order valence-corrected chi connectivity index (χ1v) is 8.00. The van der Waals surface area contributed by atoms with Gasteiger partial charge in [-0.3, -0.25) is 10.1 Å². The van der Waals surface area contributed by atoms with E-state index in [4.69, 9.17) is 5.11 Å². The number of aromatic nitrogens is 1. The highest BCUT2D eigenvalue weighted by Gasteiger charge is 2.15. The smallest absolute Gasteiger partial charge is 0.320 e. The van der Waals surface area contributed by atoms with Crippen molar-refractivity contribution in [2.75, 3.05) is 0 Å². The highest BCUT2D eigenvalue weighted by Crippen LogP contribution is 2.15. The number of hydrogen-bond donors (Lipinski definition) is 2. The van der Waals surface area contributed by atoms with Crippen LogP contribution in [0.4, 0.5) is 0 Å². The Bertz CT molecular complexity index is 569. The molecule has 0 fully saturated rings. The number of nitrogens with one attached hydrogen (secondary N) is 1. The molecule has 0 amide bonds. The Balaban J connectivity index is 1.89. The lowest BCUT2D eigenvalue weighted by Crippen LogP contribution is -2.36. The molecule has 2 rings (SSSR count). The van der Waals surface area contributed by atoms with Gasteiger partial charge in [0.2, 0.25) is 0 Å². The van der Waals surface area contributed by atoms with Crippen LogP contribution < -0.4 is 5.32 Å². The van der Waals surface area contributed by atoms with E-state index < -0.39 is 12.0 Å². The molecule has 0 bridgehead atoms. The van der Waals surface area contributed by atoms with Gasteiger partial charge in [-0.15, -0.1) is 11.3 Å². The molecule has 2 aromatic rings. The fourth-order valence-corrected chi connectivity index (χ4v) is 2.94. The van der Waals surface area contributed by atoms with Crippen molar-refractivity contribution < 1.29 is 9.90 Å². The number of carboxylic acid groups (broad SMARTS) is 1. The van der Waals surface area contributed by atoms with Gasteiger partial charge < -0.3 is 5.11 Å². The lowest BCUT2D eigenvalue weighted by molar-refractivity contribution is -0.139. The van der Waals surface area contributed by atoms with Crippen LogP contribution in [-0.2, 0) is 17.8 Å². The summed E-state index contributed by atoms with van der Waals surface area (Å²) < 4.78 is 0. The van der Waals surface area contributed by atoms with Crippen molar-refractivity contribution in [1.29, 1.82) is 0 Å². The highest BCUT2D eigenvalue weighted by molar-refractivity contribution is 7.09. The third-order valence-electron chi connectivity index (χ3n) is 3.20. The molecule has 1 aromatic heterocycles. The van der Waals surface area contributed by atoms with E-state index in [1.165, 1.54) is 5.56 Å². The van der Waals surface area contributed by atoms with Crippen molar-refractivity contribution in [1.82, 2.24) is 10.3 Å². The maximum atomic E-state index is 11.1. The summed E-state index contributed by atoms with van der Waals surface area (Å²) in [6.07, 6.45) is 2.31. The Labute approximate surface area is 128 Å². The van der Waals surface area contributed by atoms with Gasteiger partial charge in [0.05, 0.1) is 10.7 Å². The molecule has 1 aromatic carbocycles. The Kier molecular flexibility index (Phi) is 5.90. The minimum Gasteiger partial charge on any atom is -0.480 e. The van der Waals surface area contributed by atoms with Crippen LogP contribution in [0.3, 0.4) is 0 Å². The van der Waals surface area contributed by atoms with E-state index in [0.717, 1.165) is 23.5 Å². The quantitative estimate of drug-likeness (QED) is 0.787. The molecule has 0 aliphatic rings. The standard InChI is InChI=1S/C16H20N2O2S/c1-2-6-14(16(19)20)17-10-13-11-21-15(18-13)9-12-7-4-3-5-8-12/h3-5,7-8,11,14,17H,2,6,9-10H2,1H3,(H,19,20). The molecule has 0 aliphatic carbocycles. The number of benzene rings is 1. The lowest BCUT2D eigenvalue weighted by atomic mass is 10.1. The van der Waals surface area contributed by atoms with E-state index in [-0.39, 0.29) is 0 Å². The molecule has 5 heteroatoms. The fourth-order valence-electron chi connectivity index (χ4n) is 2.11. The Morgan fingerprint density at radius 2 is 2.14 bits per heavy atom. The molecule has 1 unspecified atom stereocenters. The maximum Gasteiger partial charge on any atom is 0.320 e. The molecule has 0 aliphatic heterocycles. The SMILES string of the molecule is CCCC(NCc1csc(Cc2ccccc2)n1)C(=O)O. The third-order valence-corrected chi connectivity index (χ3v) is 4.10. The number of rotatable bonds is 8. The van der Waals surface area contributed by atoms with Crippen LogP contribution >= 0.6 is 11.3 Å². The highest BCUT2D eigenvalue weighted by atomic mass is 32.1. The predicted molar refractivity (Wildman–Crippen MR) is 84.5 cm³/mol. The number of carboxylic acids is 1. The van der Waals surface area contributed by atoms with Crippen molar-refractivity contribution >= 4 is 17.3 Å². The molecule has 21 heavy (non-hydrogen) atoms. The summed E-state index contributed by atoms with van der Waals surface area (Å²) in [5, 5.41) is 15.2. The number of thiazole rings is 1. The van der Waals surface area contributed by atoms with Crippen molar-refractivity contribution in [2.24, 2.45) is 0 Å². The molecule has 1 atom stereocenters. The van der Waals surface area contributed by atoms with Gasteiger partial charge in [0, 0.05) is 18.3 Å². The van der Waals surface area contributed by atoms with Gasteiger partial charge in [-0.25, -0.2) is 4.98 Å². The molecule has 0 spiro atoms. The number of hydrogen-bond acceptors (Lipinski definition) is 4. The van der Waals surface area contributed by atoms with Crippen molar-refractivity contribution in [3.8, 4) is 0 Å². The summed E-state index contributed by atoms with van der Waals surface area (Å²) in [6.45, 7) is 2.49. The van der Waals surface area contributed by atoms with E-state index in [9.17, 15) is 4.79 Å². The van der Waals surface area contributed by atoms with Crippen LogP contribution in [0, 0.1) is 0 Å². The van der Waals surface area contributed by atoms with Crippen LogP contribution in [0.5, 0.6) is 0 Å². The summed E-state index contributed by atoms with van der Waals surface area (Å²) in [6, 6.07) is 9.72. The van der Waals surface area contributed by atoms with E-state index in [1.807, 2.05) is 30.5 Å². The van der Waals surface area contributed by atoms with E-state index in [2.05, 4.69) is 22.4 Å². The first-order chi connectivity index (χ1) is 10.2. The minimum atomic E-state index is -0.795. The third kappa shape index (κ3) is 4.95. The van der Waals surface area contributed by atoms with Crippen molar-refractivity contribution in [2.45, 2.75) is 38.8 Å². The molecule has 0 radical (unpaired) electrons. The second-order valence-electron chi connectivity index (χ2n) is 4.96. The second-order valence-corrected chi connectivity index (χ2v) is 5.90. The Hall–Kier alpha value is -1.72. The summed E-state index contributed by atoms with van der Waals surface area (Å²) in [7, 11) is 0. The van der Waals surface area contributed by atoms with Gasteiger partial charge in [0.25, 0.3) is 0 Å². The summed E-state index contributed by atoms with van der Waals surface area (Å²) in [5.41, 5.74) is 2.15. The molecule has 2 N–H and O–H groups in total. The average Bonchev–Trinajstić information content (AvgIpc) is 2.92. The van der Waals surface area contributed by atoms with E-state index in [0.29, 0.717) is 13.0 Å². The first kappa shape index (κ1) is 15.7. The van der Waals surface area contributed by atoms with Crippen LogP contribution in [0.2, 0.25) is 0 Å². The predicted octanol–water partition coefficient (Wildman–Crippen LogP) is 3.08. The zero-order valence-corrected chi connectivity index (χ0v) is 12.9. The van der Waals surface area contributed by atoms with E-state index in [1.54, 1.807) is 11.3 Å². The molecule has 0 saturated carbocycles. The van der Waals surface area contributed by atoms with Crippen LogP contribution in [-0.4, -0.2) is 22.1 Å². The van der Waals surface area contributed by atoms with Crippen LogP contribution in [0.25, 0.3) is 0 Å². The number of carbonyl (C=O) groups is 1. The van der Waals surface area contributed by atoms with Crippen LogP contribution in [0.1, 0.15) is 36.0 Å². The van der Waals surface area contributed by atoms with Gasteiger partial charge >= 0.3 is 5.97 Å². The number of nitrogens with zero attached hydrogens (tertiary/aromatic N) is 1. The summed E-state index contributed by atoms with van der Waals surface area (Å²) in [5.74, 6) is -0.795. The zero-order chi connectivity index (χ0) is 15.1. The van der Waals surface area contributed by atoms with Crippen molar-refractivity contribution in [3.05, 3.63) is 52.0 Å². The molecule has 1 heterocycles. The van der Waals surface area contributed by atoms with Gasteiger partial charge in [-0.05, 0) is 12.0 Å². The first-order valence-electron chi connectivity index (χ1n) is 7.12. The topological polar surface area (TPSA) is 62.2 Å². The lowest BCUT2D eigenvalue weighted by Gasteiger charge is -2.11. The molecule has 112 valence electrons. The zero-order valence-electron chi connectivity index (χ0n) is 12.1. The van der Waals surface area contributed by atoms with Gasteiger partial charge in [0.1, 0.15) is 6.04 Å². The average molecular weight is 304 g/mol. The largest absolute Gasteiger partial charge is 0.480 e. The summed E-state index contributed by atoms with van der Waals surface area (Å²) >= 11 is 1.62. The molecule has 0 saturated heterocycles. The Morgan fingerprint density at radius 1 is 1.38 bits per heavy atom. The second kappa shape index (κ2) is 7.90. The Morgan fingerprint density at radius 3 is 2.81 bits per heavy atom. The van der Waals surface area contributed by atoms with Crippen molar-refractivity contribution in [3.63, 3.8) is 0 Å². The molecular formula is C16H20N2O2S. The molecular weight excluding hydrogens is 284 g/mol. The summed E-state index contributed by atoms with van der Waals surface area (Å²) in [4.78, 5) is 15.6. The van der Waals surface area contributed by atoms with Crippen LogP contribution in [0.15, 0.2) is 35.7 Å². The van der Waals surface area contributed by atoms with Gasteiger partial charge in [-0.2, -0.15) is 0 Å². The van der Waals surface area contributed by atoms with E-state index >= 15 is 0 Å². The normalized spacial score (nSPS) is 12.2. The molecule has 4 nitrogen and oxygen atoms in total. The van der Waals surface area contributed by atoms with Gasteiger partial charge in [0.15, 0.2) is 0 Å². The number of aliphatic carboxylic acids is 1. The monoisotopic (exact) mass is 304 g/mol. The van der Waals surface area contributed by atoms with Gasteiger partial charge in [-0.1, -0.05) is 43.7 Å². The minimum absolute atomic E-state index is 0.491. The maximum absolute atomic E-state index is 11.1.